The molecule has 16 heavy (non-hydrogen) atoms. The van der Waals surface area contributed by atoms with Gasteiger partial charge >= 0.3 is 0 Å². The van der Waals surface area contributed by atoms with E-state index in [4.69, 9.17) is 0 Å². The summed E-state index contributed by atoms with van der Waals surface area (Å²) in [6.07, 6.45) is 3.27. The van der Waals surface area contributed by atoms with Gasteiger partial charge in [-0.1, -0.05) is 51.8 Å². The molecule has 3 unspecified atom stereocenters. The minimum absolute atomic E-state index is 0.608. The Labute approximate surface area is 103 Å². The molecular formula is C16H30. The lowest BCUT2D eigenvalue weighted by molar-refractivity contribution is 0.440. The van der Waals surface area contributed by atoms with Crippen molar-refractivity contribution in [3.05, 3.63) is 23.8 Å². The van der Waals surface area contributed by atoms with E-state index in [0.717, 1.165) is 5.92 Å². The molecule has 0 N–H and O–H groups in total. The van der Waals surface area contributed by atoms with Crippen LogP contribution in [0.1, 0.15) is 54.9 Å². The first kappa shape index (κ1) is 15.5. The zero-order valence-corrected chi connectivity index (χ0v) is 12.3. The number of hydrogen-bond acceptors (Lipinski definition) is 0. The highest BCUT2D eigenvalue weighted by Crippen LogP contribution is 2.27. The second-order valence-electron chi connectivity index (χ2n) is 5.77. The van der Waals surface area contributed by atoms with E-state index in [-0.39, 0.29) is 0 Å². The molecule has 0 heteroatoms. The molecule has 0 bridgehead atoms. The van der Waals surface area contributed by atoms with Gasteiger partial charge in [0.2, 0.25) is 0 Å². The largest absolute Gasteiger partial charge is 0.103 e. The van der Waals surface area contributed by atoms with E-state index in [9.17, 15) is 0 Å². The number of rotatable bonds is 6. The fraction of sp³-hybridized carbons (Fsp3) is 0.750. The summed E-state index contributed by atoms with van der Waals surface area (Å²) >= 11 is 0. The Morgan fingerprint density at radius 1 is 1.06 bits per heavy atom. The third kappa shape index (κ3) is 4.55. The highest BCUT2D eigenvalue weighted by atomic mass is 14.2. The predicted octanol–water partition coefficient (Wildman–Crippen LogP) is 5.46. The fourth-order valence-electron chi connectivity index (χ4n) is 1.95. The molecule has 0 spiro atoms. The third-order valence-corrected chi connectivity index (χ3v) is 4.25. The molecule has 0 aromatic carbocycles. The van der Waals surface area contributed by atoms with E-state index in [1.54, 1.807) is 11.1 Å². The second-order valence-corrected chi connectivity index (χ2v) is 5.77. The molecule has 0 amide bonds. The van der Waals surface area contributed by atoms with Crippen molar-refractivity contribution in [1.29, 1.82) is 0 Å². The van der Waals surface area contributed by atoms with Crippen LogP contribution in [0.4, 0.5) is 0 Å². The van der Waals surface area contributed by atoms with Crippen molar-refractivity contribution in [3.8, 4) is 0 Å². The Kier molecular flexibility index (Phi) is 6.71. The summed E-state index contributed by atoms with van der Waals surface area (Å²) < 4.78 is 0. The SMILES string of the molecule is C=CC(C)C(C)CC(C)=C(C)C(C)C(C)C. The second kappa shape index (κ2) is 6.93. The summed E-state index contributed by atoms with van der Waals surface area (Å²) in [4.78, 5) is 0. The Morgan fingerprint density at radius 3 is 1.94 bits per heavy atom. The van der Waals surface area contributed by atoms with Crippen LogP contribution in [0.3, 0.4) is 0 Å². The van der Waals surface area contributed by atoms with Gasteiger partial charge < -0.3 is 0 Å². The molecule has 0 rings (SSSR count). The average Bonchev–Trinajstić information content (AvgIpc) is 2.25. The molecule has 0 fully saturated rings. The van der Waals surface area contributed by atoms with Crippen LogP contribution < -0.4 is 0 Å². The molecule has 0 radical (unpaired) electrons. The van der Waals surface area contributed by atoms with Crippen molar-refractivity contribution in [3.63, 3.8) is 0 Å². The van der Waals surface area contributed by atoms with E-state index in [2.05, 4.69) is 61.1 Å². The van der Waals surface area contributed by atoms with Crippen molar-refractivity contribution in [2.75, 3.05) is 0 Å². The molecule has 0 aliphatic heterocycles. The van der Waals surface area contributed by atoms with E-state index in [1.807, 2.05) is 0 Å². The first-order valence-electron chi connectivity index (χ1n) is 6.60. The summed E-state index contributed by atoms with van der Waals surface area (Å²) in [6.45, 7) is 20.0. The van der Waals surface area contributed by atoms with Crippen LogP contribution in [0, 0.1) is 23.7 Å². The molecule has 3 atom stereocenters. The predicted molar refractivity (Wildman–Crippen MR) is 75.5 cm³/mol. The van der Waals surface area contributed by atoms with Gasteiger partial charge in [0.15, 0.2) is 0 Å². The molecule has 0 aromatic rings. The average molecular weight is 222 g/mol. The molecule has 0 aliphatic rings. The Balaban J connectivity index is 4.59. The van der Waals surface area contributed by atoms with E-state index >= 15 is 0 Å². The smallest absolute Gasteiger partial charge is 0.0209 e. The Morgan fingerprint density at radius 2 is 1.56 bits per heavy atom. The standard InChI is InChI=1S/C16H30/c1-9-12(4)13(5)10-14(6)16(8)15(7)11(2)3/h9,11-13,15H,1,10H2,2-8H3. The van der Waals surface area contributed by atoms with Crippen LogP contribution in [-0.4, -0.2) is 0 Å². The lowest BCUT2D eigenvalue weighted by Gasteiger charge is -2.22. The molecule has 0 aromatic heterocycles. The van der Waals surface area contributed by atoms with Crippen LogP contribution in [0.5, 0.6) is 0 Å². The minimum Gasteiger partial charge on any atom is -0.103 e. The molecule has 0 nitrogen and oxygen atoms in total. The molecule has 0 saturated heterocycles. The van der Waals surface area contributed by atoms with Crippen molar-refractivity contribution in [1.82, 2.24) is 0 Å². The zero-order chi connectivity index (χ0) is 12.9. The molecule has 0 aliphatic carbocycles. The van der Waals surface area contributed by atoms with Crippen LogP contribution in [-0.2, 0) is 0 Å². The Bertz CT molecular complexity index is 245. The lowest BCUT2D eigenvalue weighted by Crippen LogP contribution is -2.10. The normalized spacial score (nSPS) is 19.0. The van der Waals surface area contributed by atoms with Gasteiger partial charge in [0, 0.05) is 0 Å². The molecule has 0 heterocycles. The topological polar surface area (TPSA) is 0 Å². The fourth-order valence-corrected chi connectivity index (χ4v) is 1.95. The van der Waals surface area contributed by atoms with Gasteiger partial charge in [0.1, 0.15) is 0 Å². The van der Waals surface area contributed by atoms with Gasteiger partial charge in [-0.3, -0.25) is 0 Å². The summed E-state index contributed by atoms with van der Waals surface area (Å²) in [5.74, 6) is 2.75. The highest BCUT2D eigenvalue weighted by Gasteiger charge is 2.14. The third-order valence-electron chi connectivity index (χ3n) is 4.25. The first-order valence-corrected chi connectivity index (χ1v) is 6.60. The molecule has 94 valence electrons. The van der Waals surface area contributed by atoms with Crippen molar-refractivity contribution >= 4 is 0 Å². The molecular weight excluding hydrogens is 192 g/mol. The monoisotopic (exact) mass is 222 g/mol. The minimum atomic E-state index is 0.608. The quantitative estimate of drug-likeness (QED) is 0.523. The van der Waals surface area contributed by atoms with E-state index in [1.165, 1.54) is 6.42 Å². The summed E-state index contributed by atoms with van der Waals surface area (Å²) in [6, 6.07) is 0. The van der Waals surface area contributed by atoms with Gasteiger partial charge in [0.25, 0.3) is 0 Å². The van der Waals surface area contributed by atoms with Gasteiger partial charge in [-0.25, -0.2) is 0 Å². The van der Waals surface area contributed by atoms with Gasteiger partial charge in [-0.2, -0.15) is 0 Å². The van der Waals surface area contributed by atoms with Crippen LogP contribution in [0.15, 0.2) is 23.8 Å². The first-order chi connectivity index (χ1) is 7.31. The summed E-state index contributed by atoms with van der Waals surface area (Å²) in [5, 5.41) is 0. The van der Waals surface area contributed by atoms with Crippen molar-refractivity contribution in [2.24, 2.45) is 23.7 Å². The maximum atomic E-state index is 3.88. The number of hydrogen-bond donors (Lipinski definition) is 0. The number of allylic oxidation sites excluding steroid dienone is 3. The van der Waals surface area contributed by atoms with E-state index < -0.39 is 0 Å². The highest BCUT2D eigenvalue weighted by molar-refractivity contribution is 5.13. The maximum Gasteiger partial charge on any atom is -0.0209 e. The van der Waals surface area contributed by atoms with Crippen molar-refractivity contribution < 1.29 is 0 Å². The van der Waals surface area contributed by atoms with Gasteiger partial charge in [-0.05, 0) is 43.9 Å². The van der Waals surface area contributed by atoms with Gasteiger partial charge in [0.05, 0.1) is 0 Å². The van der Waals surface area contributed by atoms with E-state index in [0.29, 0.717) is 17.8 Å². The van der Waals surface area contributed by atoms with Crippen molar-refractivity contribution in [2.45, 2.75) is 54.9 Å². The van der Waals surface area contributed by atoms with Crippen LogP contribution >= 0.6 is 0 Å². The maximum absolute atomic E-state index is 3.88. The molecule has 0 saturated carbocycles. The Hall–Kier alpha value is -0.520. The summed E-state index contributed by atoms with van der Waals surface area (Å²) in [7, 11) is 0. The zero-order valence-electron chi connectivity index (χ0n) is 12.3. The summed E-state index contributed by atoms with van der Waals surface area (Å²) in [5.41, 5.74) is 3.15. The van der Waals surface area contributed by atoms with Crippen LogP contribution in [0.25, 0.3) is 0 Å². The lowest BCUT2D eigenvalue weighted by atomic mass is 9.83. The van der Waals surface area contributed by atoms with Crippen LogP contribution in [0.2, 0.25) is 0 Å². The van der Waals surface area contributed by atoms with Gasteiger partial charge in [-0.15, -0.1) is 6.58 Å².